The number of fused-ring (bicyclic) bond motifs is 1. The number of imide groups is 1. The first-order valence-corrected chi connectivity index (χ1v) is 13.3. The van der Waals surface area contributed by atoms with Crippen molar-refractivity contribution in [2.45, 2.75) is 38.4 Å². The molecule has 5 amide bonds. The van der Waals surface area contributed by atoms with Crippen LogP contribution in [-0.2, 0) is 25.7 Å². The third-order valence-corrected chi connectivity index (χ3v) is 6.93. The fourth-order valence-corrected chi connectivity index (χ4v) is 5.08. The molecule has 2 aliphatic rings. The van der Waals surface area contributed by atoms with Crippen molar-refractivity contribution in [2.75, 3.05) is 23.3 Å². The van der Waals surface area contributed by atoms with Gasteiger partial charge in [0.1, 0.15) is 17.6 Å². The molecule has 0 saturated carbocycles. The number of anilines is 2. The van der Waals surface area contributed by atoms with Crippen LogP contribution in [0.1, 0.15) is 47.4 Å². The third kappa shape index (κ3) is 5.50. The van der Waals surface area contributed by atoms with Crippen molar-refractivity contribution < 1.29 is 28.4 Å². The average Bonchev–Trinajstić information content (AvgIpc) is 3.32. The van der Waals surface area contributed by atoms with Gasteiger partial charge in [-0.2, -0.15) is 0 Å². The maximum Gasteiger partial charge on any atom is 0.257 e. The number of piperidine rings is 1. The van der Waals surface area contributed by atoms with Crippen LogP contribution in [-0.4, -0.2) is 68.5 Å². The highest BCUT2D eigenvalue weighted by molar-refractivity contribution is 6.12. The molecule has 2 aliphatic heterocycles. The Kier molecular flexibility index (Phi) is 8.13. The van der Waals surface area contributed by atoms with Crippen LogP contribution >= 0.6 is 0 Å². The number of hydrogen-bond acceptors (Lipinski definition) is 9. The van der Waals surface area contributed by atoms with Crippen LogP contribution < -0.4 is 20.9 Å². The predicted octanol–water partition coefficient (Wildman–Crippen LogP) is 1.09. The Morgan fingerprint density at radius 2 is 1.86 bits per heavy atom. The highest BCUT2D eigenvalue weighted by atomic mass is 19.1. The SMILES string of the molecule is CCNC(=O)C(c1ncccc1F)N(C(=O)CNc1ncccn1)c1cccc2c1C(=O)N(C1CCC(=O)NC1=O)C2. The highest BCUT2D eigenvalue weighted by Gasteiger charge is 2.43. The summed E-state index contributed by atoms with van der Waals surface area (Å²) in [6.07, 6.45) is 4.47. The largest absolute Gasteiger partial charge is 0.354 e. The minimum absolute atomic E-state index is 0.0365. The number of pyridine rings is 1. The van der Waals surface area contributed by atoms with Crippen molar-refractivity contribution in [1.29, 1.82) is 0 Å². The van der Waals surface area contributed by atoms with Crippen LogP contribution in [0.15, 0.2) is 55.0 Å². The highest BCUT2D eigenvalue weighted by Crippen LogP contribution is 2.38. The van der Waals surface area contributed by atoms with E-state index in [0.717, 1.165) is 11.0 Å². The van der Waals surface area contributed by atoms with E-state index in [-0.39, 0.29) is 48.8 Å². The number of amides is 5. The summed E-state index contributed by atoms with van der Waals surface area (Å²) in [4.78, 5) is 80.2. The van der Waals surface area contributed by atoms with Gasteiger partial charge in [-0.3, -0.25) is 39.2 Å². The van der Waals surface area contributed by atoms with Gasteiger partial charge in [-0.25, -0.2) is 14.4 Å². The number of benzene rings is 1. The van der Waals surface area contributed by atoms with Gasteiger partial charge in [0.25, 0.3) is 5.91 Å². The van der Waals surface area contributed by atoms with Crippen molar-refractivity contribution in [3.05, 3.63) is 77.6 Å². The molecule has 2 atom stereocenters. The van der Waals surface area contributed by atoms with Gasteiger partial charge in [0, 0.05) is 38.1 Å². The molecule has 0 radical (unpaired) electrons. The van der Waals surface area contributed by atoms with Gasteiger partial charge in [-0.1, -0.05) is 12.1 Å². The Bertz CT molecular complexity index is 1550. The number of carbonyl (C=O) groups excluding carboxylic acids is 5. The van der Waals surface area contributed by atoms with Crippen molar-refractivity contribution in [2.24, 2.45) is 0 Å². The minimum Gasteiger partial charge on any atom is -0.354 e. The Morgan fingerprint density at radius 1 is 1.10 bits per heavy atom. The van der Waals surface area contributed by atoms with Crippen LogP contribution in [0.4, 0.5) is 16.0 Å². The molecule has 2 unspecified atom stereocenters. The number of halogens is 1. The van der Waals surface area contributed by atoms with Gasteiger partial charge < -0.3 is 15.5 Å². The molecule has 216 valence electrons. The second-order valence-electron chi connectivity index (χ2n) is 9.57. The average molecular weight is 575 g/mol. The molecule has 1 aromatic carbocycles. The number of rotatable bonds is 9. The van der Waals surface area contributed by atoms with Crippen LogP contribution in [0.5, 0.6) is 0 Å². The van der Waals surface area contributed by atoms with Crippen LogP contribution in [0.25, 0.3) is 0 Å². The normalized spacial score (nSPS) is 16.9. The summed E-state index contributed by atoms with van der Waals surface area (Å²) in [6, 6.07) is 6.34. The third-order valence-electron chi connectivity index (χ3n) is 6.93. The lowest BCUT2D eigenvalue weighted by atomic mass is 10.0. The molecule has 0 spiro atoms. The van der Waals surface area contributed by atoms with E-state index in [0.29, 0.717) is 5.56 Å². The lowest BCUT2D eigenvalue weighted by Crippen LogP contribution is -2.52. The van der Waals surface area contributed by atoms with Gasteiger partial charge in [0.05, 0.1) is 17.8 Å². The predicted molar refractivity (Wildman–Crippen MR) is 146 cm³/mol. The smallest absolute Gasteiger partial charge is 0.257 e. The first-order valence-electron chi connectivity index (χ1n) is 13.3. The van der Waals surface area contributed by atoms with E-state index in [1.54, 1.807) is 25.1 Å². The zero-order valence-electron chi connectivity index (χ0n) is 22.5. The lowest BCUT2D eigenvalue weighted by molar-refractivity contribution is -0.137. The molecule has 3 N–H and O–H groups in total. The molecule has 13 nitrogen and oxygen atoms in total. The molecule has 0 bridgehead atoms. The van der Waals surface area contributed by atoms with E-state index in [9.17, 15) is 24.0 Å². The van der Waals surface area contributed by atoms with E-state index in [2.05, 4.69) is 30.9 Å². The molecule has 1 saturated heterocycles. The number of nitrogens with one attached hydrogen (secondary N) is 3. The number of carbonyl (C=O) groups is 5. The van der Waals surface area contributed by atoms with Crippen molar-refractivity contribution >= 4 is 41.2 Å². The van der Waals surface area contributed by atoms with Crippen LogP contribution in [0, 0.1) is 5.82 Å². The molecule has 0 aliphatic carbocycles. The first kappa shape index (κ1) is 28.3. The summed E-state index contributed by atoms with van der Waals surface area (Å²) in [5.41, 5.74) is 0.292. The van der Waals surface area contributed by atoms with Crippen LogP contribution in [0.2, 0.25) is 0 Å². The quantitative estimate of drug-likeness (QED) is 0.317. The molecule has 14 heteroatoms. The molecule has 1 fully saturated rings. The summed E-state index contributed by atoms with van der Waals surface area (Å²) < 4.78 is 15.2. The van der Waals surface area contributed by atoms with Gasteiger partial charge in [0.2, 0.25) is 29.6 Å². The zero-order chi connectivity index (χ0) is 29.8. The van der Waals surface area contributed by atoms with E-state index in [1.165, 1.54) is 35.6 Å². The molecular weight excluding hydrogens is 547 g/mol. The molecule has 3 aromatic rings. The minimum atomic E-state index is -1.60. The maximum atomic E-state index is 15.2. The molecule has 4 heterocycles. The van der Waals surface area contributed by atoms with Crippen molar-refractivity contribution in [3.8, 4) is 0 Å². The second kappa shape index (κ2) is 12.1. The summed E-state index contributed by atoms with van der Waals surface area (Å²) in [5.74, 6) is -3.69. The summed E-state index contributed by atoms with van der Waals surface area (Å²) in [7, 11) is 0. The van der Waals surface area contributed by atoms with Gasteiger partial charge in [-0.15, -0.1) is 0 Å². The standard InChI is InChI=1S/C28H27FN8O5/c1-2-30-26(41)24(23-17(29)7-4-11-31-23)37(21(39)14-34-28-32-12-5-13-33-28)18-8-3-6-16-15-36(27(42)22(16)18)19-9-10-20(38)35-25(19)40/h3-8,11-13,19,24H,2,9-10,14-15H2,1H3,(H,30,41)(H,32,33,34)(H,35,38,40). The van der Waals surface area contributed by atoms with E-state index in [1.807, 2.05) is 0 Å². The Morgan fingerprint density at radius 3 is 2.57 bits per heavy atom. The first-order chi connectivity index (χ1) is 20.3. The Labute approximate surface area is 239 Å². The Balaban J connectivity index is 1.60. The fraction of sp³-hybridized carbons (Fsp3) is 0.286. The van der Waals surface area contributed by atoms with Gasteiger partial charge in [0.15, 0.2) is 6.04 Å². The van der Waals surface area contributed by atoms with Crippen molar-refractivity contribution in [1.82, 2.24) is 30.5 Å². The lowest BCUT2D eigenvalue weighted by Gasteiger charge is -2.32. The van der Waals surface area contributed by atoms with Crippen LogP contribution in [0.3, 0.4) is 0 Å². The molecular formula is C28H27FN8O5. The summed E-state index contributed by atoms with van der Waals surface area (Å²) >= 11 is 0. The number of likely N-dealkylation sites (N-methyl/N-ethyl adjacent to an activating group) is 1. The summed E-state index contributed by atoms with van der Waals surface area (Å²) in [5, 5.41) is 7.69. The Hall–Kier alpha value is -5.27. The topological polar surface area (TPSA) is 167 Å². The summed E-state index contributed by atoms with van der Waals surface area (Å²) in [6.45, 7) is 1.47. The fourth-order valence-electron chi connectivity index (χ4n) is 5.08. The number of aromatic nitrogens is 3. The zero-order valence-corrected chi connectivity index (χ0v) is 22.5. The van der Waals surface area contributed by atoms with E-state index in [4.69, 9.17) is 0 Å². The number of nitrogens with zero attached hydrogens (tertiary/aromatic N) is 5. The number of hydrogen-bond donors (Lipinski definition) is 3. The van der Waals surface area contributed by atoms with E-state index >= 15 is 4.39 Å². The molecule has 5 rings (SSSR count). The van der Waals surface area contributed by atoms with Gasteiger partial charge >= 0.3 is 0 Å². The maximum absolute atomic E-state index is 15.2. The van der Waals surface area contributed by atoms with Crippen molar-refractivity contribution in [3.63, 3.8) is 0 Å². The van der Waals surface area contributed by atoms with Gasteiger partial charge in [-0.05, 0) is 43.2 Å². The monoisotopic (exact) mass is 574 g/mol. The molecule has 42 heavy (non-hydrogen) atoms. The second-order valence-corrected chi connectivity index (χ2v) is 9.57. The molecule has 2 aromatic heterocycles. The van der Waals surface area contributed by atoms with E-state index < -0.39 is 54.0 Å².